The van der Waals surface area contributed by atoms with Gasteiger partial charge in [0, 0.05) is 18.5 Å². The van der Waals surface area contributed by atoms with E-state index in [-0.39, 0.29) is 30.4 Å². The van der Waals surface area contributed by atoms with Gasteiger partial charge in [-0.2, -0.15) is 0 Å². The highest BCUT2D eigenvalue weighted by Crippen LogP contribution is 2.64. The van der Waals surface area contributed by atoms with Gasteiger partial charge >= 0.3 is 12.1 Å². The molecule has 2 N–H and O–H groups in total. The lowest BCUT2D eigenvalue weighted by atomic mass is 9.98. The molecule has 7 heteroatoms. The van der Waals surface area contributed by atoms with Gasteiger partial charge in [0.2, 0.25) is 5.91 Å². The average Bonchev–Trinajstić information content (AvgIpc) is 3.18. The van der Waals surface area contributed by atoms with Gasteiger partial charge in [-0.05, 0) is 60.3 Å². The molecule has 34 heavy (non-hydrogen) atoms. The number of aliphatic carboxylic acids is 1. The summed E-state index contributed by atoms with van der Waals surface area (Å²) in [5, 5.41) is 12.4. The fraction of sp³-hybridized carbons (Fsp3) is 0.444. The summed E-state index contributed by atoms with van der Waals surface area (Å²) in [7, 11) is 0. The van der Waals surface area contributed by atoms with E-state index in [1.807, 2.05) is 24.3 Å². The number of fused-ring (bicyclic) bond motifs is 4. The molecular formula is C27H28N2O5. The van der Waals surface area contributed by atoms with E-state index in [4.69, 9.17) is 4.74 Å². The van der Waals surface area contributed by atoms with Crippen LogP contribution in [0.15, 0.2) is 48.5 Å². The van der Waals surface area contributed by atoms with Crippen molar-refractivity contribution in [2.75, 3.05) is 13.2 Å². The highest BCUT2D eigenvalue weighted by atomic mass is 16.5. The summed E-state index contributed by atoms with van der Waals surface area (Å²) < 4.78 is 5.67. The molecule has 2 amide bonds. The fourth-order valence-corrected chi connectivity index (χ4v) is 6.62. The van der Waals surface area contributed by atoms with Gasteiger partial charge in [-0.25, -0.2) is 9.59 Å². The van der Waals surface area contributed by atoms with Gasteiger partial charge in [0.25, 0.3) is 0 Å². The molecule has 1 heterocycles. The lowest BCUT2D eigenvalue weighted by molar-refractivity contribution is -0.150. The number of alkyl carbamates (subject to hydrolysis) is 1. The first-order valence-corrected chi connectivity index (χ1v) is 12.1. The summed E-state index contributed by atoms with van der Waals surface area (Å²) >= 11 is 0. The molecular weight excluding hydrogens is 432 g/mol. The van der Waals surface area contributed by atoms with Crippen molar-refractivity contribution in [1.29, 1.82) is 0 Å². The van der Waals surface area contributed by atoms with E-state index >= 15 is 0 Å². The number of nitrogens with one attached hydrogen (secondary N) is 1. The standard InChI is InChI=1S/C27H28N2O5/c30-24(31)23-10-5-11-29(23)25(32)27-13-16(27)12-17(14-27)28-26(33)34-15-22-20-8-3-1-6-18(20)19-7-2-4-9-21(19)22/h1-4,6-9,16-17,22-23H,5,10-15H2,(H,28,33)(H,30,31)/t16?,17?,23-,27?/m1/s1. The molecule has 176 valence electrons. The second-order valence-corrected chi connectivity index (χ2v) is 10.2. The largest absolute Gasteiger partial charge is 0.480 e. The van der Waals surface area contributed by atoms with Crippen molar-refractivity contribution in [1.82, 2.24) is 10.2 Å². The number of carbonyl (C=O) groups is 3. The van der Waals surface area contributed by atoms with Crippen molar-refractivity contribution in [3.8, 4) is 11.1 Å². The number of carbonyl (C=O) groups excluding carboxylic acids is 2. The lowest BCUT2D eigenvalue weighted by Crippen LogP contribution is -2.45. The van der Waals surface area contributed by atoms with Crippen molar-refractivity contribution in [3.63, 3.8) is 0 Å². The number of hydrogen-bond acceptors (Lipinski definition) is 4. The highest BCUT2D eigenvalue weighted by Gasteiger charge is 2.66. The smallest absolute Gasteiger partial charge is 0.407 e. The van der Waals surface area contributed by atoms with Crippen LogP contribution in [0.3, 0.4) is 0 Å². The third kappa shape index (κ3) is 3.29. The van der Waals surface area contributed by atoms with E-state index in [1.165, 1.54) is 22.3 Å². The normalized spacial score (nSPS) is 28.7. The van der Waals surface area contributed by atoms with Gasteiger partial charge < -0.3 is 20.1 Å². The zero-order valence-corrected chi connectivity index (χ0v) is 18.9. The molecule has 7 nitrogen and oxygen atoms in total. The zero-order valence-electron chi connectivity index (χ0n) is 18.9. The second kappa shape index (κ2) is 7.86. The molecule has 6 rings (SSSR count). The van der Waals surface area contributed by atoms with E-state index in [2.05, 4.69) is 29.6 Å². The predicted molar refractivity (Wildman–Crippen MR) is 124 cm³/mol. The van der Waals surface area contributed by atoms with Crippen LogP contribution in [0.4, 0.5) is 4.79 Å². The van der Waals surface area contributed by atoms with Crippen LogP contribution in [-0.4, -0.2) is 53.2 Å². The third-order valence-corrected chi connectivity index (χ3v) is 8.30. The molecule has 4 atom stereocenters. The number of hydrogen-bond donors (Lipinski definition) is 2. The summed E-state index contributed by atoms with van der Waals surface area (Å²) in [6.07, 6.45) is 2.87. The topological polar surface area (TPSA) is 95.9 Å². The molecule has 1 saturated heterocycles. The second-order valence-electron chi connectivity index (χ2n) is 10.2. The number of carboxylic acid groups (broad SMARTS) is 1. The lowest BCUT2D eigenvalue weighted by Gasteiger charge is -2.26. The molecule has 3 unspecified atom stereocenters. The summed E-state index contributed by atoms with van der Waals surface area (Å²) in [6, 6.07) is 15.6. The van der Waals surface area contributed by atoms with E-state index in [0.717, 1.165) is 19.3 Å². The maximum Gasteiger partial charge on any atom is 0.407 e. The van der Waals surface area contributed by atoms with E-state index in [0.29, 0.717) is 19.4 Å². The first kappa shape index (κ1) is 21.2. The Morgan fingerprint density at radius 3 is 2.38 bits per heavy atom. The minimum absolute atomic E-state index is 0.00571. The number of nitrogens with zero attached hydrogens (tertiary/aromatic N) is 1. The Balaban J connectivity index is 1.07. The first-order chi connectivity index (χ1) is 16.5. The van der Waals surface area contributed by atoms with Crippen LogP contribution in [0.1, 0.15) is 49.1 Å². The van der Waals surface area contributed by atoms with Crippen LogP contribution >= 0.6 is 0 Å². The van der Waals surface area contributed by atoms with Gasteiger partial charge in [-0.15, -0.1) is 0 Å². The van der Waals surface area contributed by atoms with Crippen LogP contribution in [0, 0.1) is 11.3 Å². The van der Waals surface area contributed by atoms with E-state index < -0.39 is 23.5 Å². The van der Waals surface area contributed by atoms with E-state index in [9.17, 15) is 19.5 Å². The number of rotatable bonds is 5. The monoisotopic (exact) mass is 460 g/mol. The van der Waals surface area contributed by atoms with Crippen LogP contribution in [0.5, 0.6) is 0 Å². The van der Waals surface area contributed by atoms with Crippen molar-refractivity contribution in [2.45, 2.75) is 50.1 Å². The van der Waals surface area contributed by atoms with Crippen molar-refractivity contribution < 1.29 is 24.2 Å². The van der Waals surface area contributed by atoms with Crippen molar-refractivity contribution in [3.05, 3.63) is 59.7 Å². The van der Waals surface area contributed by atoms with Crippen molar-refractivity contribution >= 4 is 18.0 Å². The number of amides is 2. The molecule has 3 fully saturated rings. The van der Waals surface area contributed by atoms with Gasteiger partial charge in [0.15, 0.2) is 0 Å². The zero-order chi connectivity index (χ0) is 23.4. The Morgan fingerprint density at radius 1 is 1.03 bits per heavy atom. The quantitative estimate of drug-likeness (QED) is 0.708. The Kier molecular flexibility index (Phi) is 4.90. The number of carboxylic acids is 1. The van der Waals surface area contributed by atoms with Crippen LogP contribution in [-0.2, 0) is 14.3 Å². The van der Waals surface area contributed by atoms with Gasteiger partial charge in [0.05, 0.1) is 5.41 Å². The van der Waals surface area contributed by atoms with Crippen LogP contribution < -0.4 is 5.32 Å². The Labute approximate surface area is 198 Å². The molecule has 3 aliphatic carbocycles. The summed E-state index contributed by atoms with van der Waals surface area (Å²) in [5.74, 6) is -0.745. The minimum atomic E-state index is -0.925. The molecule has 0 aromatic heterocycles. The number of ether oxygens (including phenoxy) is 1. The predicted octanol–water partition coefficient (Wildman–Crippen LogP) is 3.77. The first-order valence-electron chi connectivity index (χ1n) is 12.1. The summed E-state index contributed by atoms with van der Waals surface area (Å²) in [6.45, 7) is 0.767. The Morgan fingerprint density at radius 2 is 1.71 bits per heavy atom. The van der Waals surface area contributed by atoms with E-state index in [1.54, 1.807) is 4.90 Å². The molecule has 1 aliphatic heterocycles. The average molecular weight is 461 g/mol. The fourth-order valence-electron chi connectivity index (χ4n) is 6.62. The van der Waals surface area contributed by atoms with Gasteiger partial charge in [-0.3, -0.25) is 4.79 Å². The maximum absolute atomic E-state index is 13.2. The molecule has 2 aromatic rings. The SMILES string of the molecule is O=C(NC1CC2CC2(C(=O)N2CCC[C@@H]2C(=O)O)C1)OCC1c2ccccc2-c2ccccc21. The Bertz CT molecular complexity index is 1130. The van der Waals surface area contributed by atoms with Crippen LogP contribution in [0.25, 0.3) is 11.1 Å². The molecule has 0 radical (unpaired) electrons. The summed E-state index contributed by atoms with van der Waals surface area (Å²) in [4.78, 5) is 39.0. The molecule has 0 bridgehead atoms. The summed E-state index contributed by atoms with van der Waals surface area (Å²) in [5.41, 5.74) is 4.21. The molecule has 4 aliphatic rings. The number of likely N-dealkylation sites (tertiary alicyclic amines) is 1. The molecule has 2 saturated carbocycles. The van der Waals surface area contributed by atoms with Gasteiger partial charge in [-0.1, -0.05) is 48.5 Å². The highest BCUT2D eigenvalue weighted by molar-refractivity contribution is 5.91. The molecule has 2 aromatic carbocycles. The van der Waals surface area contributed by atoms with Crippen molar-refractivity contribution in [2.24, 2.45) is 11.3 Å². The van der Waals surface area contributed by atoms with Crippen LogP contribution in [0.2, 0.25) is 0 Å². The maximum atomic E-state index is 13.2. The van der Waals surface area contributed by atoms with Gasteiger partial charge in [0.1, 0.15) is 12.6 Å². The Hall–Kier alpha value is -3.35. The number of benzene rings is 2. The molecule has 0 spiro atoms. The minimum Gasteiger partial charge on any atom is -0.480 e. The third-order valence-electron chi connectivity index (χ3n) is 8.30.